The Labute approximate surface area is 103 Å². The van der Waals surface area contributed by atoms with Crippen molar-refractivity contribution in [3.63, 3.8) is 0 Å². The second kappa shape index (κ2) is 5.71. The van der Waals surface area contributed by atoms with E-state index in [1.54, 1.807) is 7.11 Å². The molecule has 0 aromatic heterocycles. The summed E-state index contributed by atoms with van der Waals surface area (Å²) in [5.74, 6) is 0.720. The third-order valence-electron chi connectivity index (χ3n) is 2.89. The van der Waals surface area contributed by atoms with E-state index in [4.69, 9.17) is 21.4 Å². The summed E-state index contributed by atoms with van der Waals surface area (Å²) >= 11 is 6.12. The van der Waals surface area contributed by atoms with Gasteiger partial charge in [-0.05, 0) is 18.6 Å². The predicted molar refractivity (Wildman–Crippen MR) is 71.6 cm³/mol. The van der Waals surface area contributed by atoms with Crippen LogP contribution < -0.4 is 9.92 Å². The Morgan fingerprint density at radius 2 is 2.06 bits per heavy atom. The molecule has 0 heterocycles. The molecule has 0 spiro atoms. The highest BCUT2D eigenvalue weighted by Gasteiger charge is 2.23. The minimum absolute atomic E-state index is 0.264. The van der Waals surface area contributed by atoms with Gasteiger partial charge in [-0.1, -0.05) is 42.0 Å². The van der Waals surface area contributed by atoms with Crippen molar-refractivity contribution in [2.24, 2.45) is 0 Å². The molecule has 0 saturated heterocycles. The van der Waals surface area contributed by atoms with E-state index in [1.165, 1.54) is 5.19 Å². The number of aliphatic hydroxyl groups is 1. The Morgan fingerprint density at radius 3 is 2.56 bits per heavy atom. The van der Waals surface area contributed by atoms with E-state index in [2.05, 4.69) is 19.2 Å². The van der Waals surface area contributed by atoms with Crippen LogP contribution in [0.2, 0.25) is 24.2 Å². The van der Waals surface area contributed by atoms with Gasteiger partial charge in [0.15, 0.2) is 0 Å². The molecule has 0 unspecified atom stereocenters. The van der Waals surface area contributed by atoms with Gasteiger partial charge in [0.05, 0.1) is 20.2 Å². The molecular weight excluding hydrogens is 240 g/mol. The van der Waals surface area contributed by atoms with Crippen LogP contribution in [-0.2, 0) is 0 Å². The molecule has 0 aliphatic rings. The van der Waals surface area contributed by atoms with Gasteiger partial charge in [0.25, 0.3) is 0 Å². The number of ether oxygens (including phenoxy) is 1. The highest BCUT2D eigenvalue weighted by Crippen LogP contribution is 2.24. The van der Waals surface area contributed by atoms with Crippen molar-refractivity contribution >= 4 is 24.9 Å². The Kier molecular flexibility index (Phi) is 4.83. The van der Waals surface area contributed by atoms with E-state index in [0.29, 0.717) is 5.02 Å². The van der Waals surface area contributed by atoms with Crippen LogP contribution >= 0.6 is 11.6 Å². The van der Waals surface area contributed by atoms with Crippen LogP contribution in [0.3, 0.4) is 0 Å². The summed E-state index contributed by atoms with van der Waals surface area (Å²) in [6, 6.07) is 7.09. The number of rotatable bonds is 5. The lowest BCUT2D eigenvalue weighted by Gasteiger charge is -2.23. The molecule has 0 saturated carbocycles. The van der Waals surface area contributed by atoms with Crippen LogP contribution in [0.1, 0.15) is 6.42 Å². The van der Waals surface area contributed by atoms with E-state index < -0.39 is 8.07 Å². The van der Waals surface area contributed by atoms with Crippen molar-refractivity contribution in [2.75, 3.05) is 13.7 Å². The molecule has 1 N–H and O–H groups in total. The average Bonchev–Trinajstić information content (AvgIpc) is 2.26. The van der Waals surface area contributed by atoms with E-state index in [0.717, 1.165) is 18.2 Å². The predicted octanol–water partition coefficient (Wildman–Crippen LogP) is 2.65. The summed E-state index contributed by atoms with van der Waals surface area (Å²) in [5.41, 5.74) is 0. The molecule has 4 heteroatoms. The zero-order valence-electron chi connectivity index (χ0n) is 10.1. The van der Waals surface area contributed by atoms with Gasteiger partial charge < -0.3 is 9.84 Å². The number of hydrogen-bond acceptors (Lipinski definition) is 2. The lowest BCUT2D eigenvalue weighted by molar-refractivity contribution is 0.294. The van der Waals surface area contributed by atoms with Crippen LogP contribution in [0, 0.1) is 0 Å². The van der Waals surface area contributed by atoms with Gasteiger partial charge in [-0.2, -0.15) is 0 Å². The molecule has 0 fully saturated rings. The molecule has 0 aliphatic heterocycles. The number of benzene rings is 1. The molecule has 0 radical (unpaired) electrons. The highest BCUT2D eigenvalue weighted by atomic mass is 35.5. The quantitative estimate of drug-likeness (QED) is 0.823. The average molecular weight is 259 g/mol. The van der Waals surface area contributed by atoms with Crippen LogP contribution in [0.5, 0.6) is 5.75 Å². The number of methoxy groups -OCH3 is 1. The van der Waals surface area contributed by atoms with Crippen LogP contribution in [0.15, 0.2) is 18.2 Å². The third kappa shape index (κ3) is 3.24. The normalized spacial score (nSPS) is 11.6. The Morgan fingerprint density at radius 1 is 1.38 bits per heavy atom. The highest BCUT2D eigenvalue weighted by molar-refractivity contribution is 6.89. The minimum atomic E-state index is -1.47. The maximum absolute atomic E-state index is 8.89. The lowest BCUT2D eigenvalue weighted by atomic mass is 10.3. The van der Waals surface area contributed by atoms with Gasteiger partial charge in [-0.3, -0.25) is 0 Å². The maximum atomic E-state index is 8.89. The van der Waals surface area contributed by atoms with Gasteiger partial charge in [0.1, 0.15) is 5.75 Å². The van der Waals surface area contributed by atoms with Gasteiger partial charge in [0, 0.05) is 6.61 Å². The first-order chi connectivity index (χ1) is 7.51. The summed E-state index contributed by atoms with van der Waals surface area (Å²) in [6.07, 6.45) is 0.864. The molecule has 1 aromatic rings. The van der Waals surface area contributed by atoms with Gasteiger partial charge in [0.2, 0.25) is 0 Å². The number of aliphatic hydroxyl groups excluding tert-OH is 1. The van der Waals surface area contributed by atoms with Gasteiger partial charge in [-0.25, -0.2) is 0 Å². The van der Waals surface area contributed by atoms with Crippen LogP contribution in [0.25, 0.3) is 0 Å². The zero-order valence-corrected chi connectivity index (χ0v) is 11.8. The summed E-state index contributed by atoms with van der Waals surface area (Å²) in [4.78, 5) is 0. The van der Waals surface area contributed by atoms with Crippen molar-refractivity contribution < 1.29 is 9.84 Å². The first-order valence-corrected chi connectivity index (χ1v) is 9.04. The molecule has 16 heavy (non-hydrogen) atoms. The topological polar surface area (TPSA) is 29.5 Å². The first kappa shape index (κ1) is 13.6. The summed E-state index contributed by atoms with van der Waals surface area (Å²) in [5, 5.41) is 10.9. The summed E-state index contributed by atoms with van der Waals surface area (Å²) in [6.45, 7) is 4.85. The lowest BCUT2D eigenvalue weighted by Crippen LogP contribution is -2.41. The van der Waals surface area contributed by atoms with E-state index in [9.17, 15) is 0 Å². The molecule has 1 rings (SSSR count). The largest absolute Gasteiger partial charge is 0.495 e. The summed E-state index contributed by atoms with van der Waals surface area (Å²) < 4.78 is 5.14. The second-order valence-corrected chi connectivity index (χ2v) is 9.81. The Balaban J connectivity index is 2.91. The van der Waals surface area contributed by atoms with Crippen molar-refractivity contribution in [1.82, 2.24) is 0 Å². The molecule has 90 valence electrons. The molecule has 0 atom stereocenters. The fourth-order valence-electron chi connectivity index (χ4n) is 1.75. The van der Waals surface area contributed by atoms with E-state index in [1.807, 2.05) is 12.1 Å². The molecule has 2 nitrogen and oxygen atoms in total. The molecule has 1 aromatic carbocycles. The van der Waals surface area contributed by atoms with Crippen molar-refractivity contribution in [2.45, 2.75) is 25.6 Å². The first-order valence-electron chi connectivity index (χ1n) is 5.46. The molecule has 0 amide bonds. The maximum Gasteiger partial charge on any atom is 0.137 e. The van der Waals surface area contributed by atoms with Crippen molar-refractivity contribution in [3.8, 4) is 5.75 Å². The van der Waals surface area contributed by atoms with Crippen molar-refractivity contribution in [3.05, 3.63) is 23.2 Å². The fourth-order valence-corrected chi connectivity index (χ4v) is 4.50. The number of halogens is 1. The standard InChI is InChI=1S/C12H19ClO2Si/c1-15-12-6-5-10(9-11(12)13)16(2,3)8-4-7-14/h5-6,9,14H,4,7-8H2,1-3H3. The minimum Gasteiger partial charge on any atom is -0.495 e. The van der Waals surface area contributed by atoms with Gasteiger partial charge >= 0.3 is 0 Å². The smallest absolute Gasteiger partial charge is 0.137 e. The van der Waals surface area contributed by atoms with Crippen LogP contribution in [0.4, 0.5) is 0 Å². The molecule has 0 aliphatic carbocycles. The Bertz CT molecular complexity index is 353. The van der Waals surface area contributed by atoms with E-state index >= 15 is 0 Å². The van der Waals surface area contributed by atoms with Crippen molar-refractivity contribution in [1.29, 1.82) is 0 Å². The Hall–Kier alpha value is -0.513. The SMILES string of the molecule is COc1ccc([Si](C)(C)CCCO)cc1Cl. The monoisotopic (exact) mass is 258 g/mol. The number of hydrogen-bond donors (Lipinski definition) is 1. The zero-order chi connectivity index (χ0) is 12.2. The summed E-state index contributed by atoms with van der Waals surface area (Å²) in [7, 11) is 0.153. The third-order valence-corrected chi connectivity index (χ3v) is 6.67. The van der Waals surface area contributed by atoms with Crippen LogP contribution in [-0.4, -0.2) is 26.9 Å². The fraction of sp³-hybridized carbons (Fsp3) is 0.500. The molecular formula is C12H19ClO2Si. The molecule has 0 bridgehead atoms. The second-order valence-electron chi connectivity index (χ2n) is 4.56. The van der Waals surface area contributed by atoms with E-state index in [-0.39, 0.29) is 6.61 Å². The van der Waals surface area contributed by atoms with Gasteiger partial charge in [-0.15, -0.1) is 0 Å².